The summed E-state index contributed by atoms with van der Waals surface area (Å²) in [6.45, 7) is 9.73. The normalized spacial score (nSPS) is 19.6. The van der Waals surface area contributed by atoms with Crippen molar-refractivity contribution in [3.63, 3.8) is 0 Å². The highest BCUT2D eigenvalue weighted by atomic mass is 16.2. The Morgan fingerprint density at radius 2 is 1.85 bits per heavy atom. The molecule has 1 unspecified atom stereocenters. The minimum atomic E-state index is 0.234. The van der Waals surface area contributed by atoms with E-state index in [1.807, 2.05) is 14.1 Å². The van der Waals surface area contributed by atoms with Crippen molar-refractivity contribution >= 4 is 5.91 Å². The summed E-state index contributed by atoms with van der Waals surface area (Å²) in [6, 6.07) is 0. The monoisotopic (exact) mass is 284 g/mol. The van der Waals surface area contributed by atoms with Gasteiger partial charge in [0.05, 0.1) is 0 Å². The molecule has 0 saturated carbocycles. The van der Waals surface area contributed by atoms with Gasteiger partial charge in [-0.15, -0.1) is 0 Å². The van der Waals surface area contributed by atoms with E-state index in [-0.39, 0.29) is 5.91 Å². The van der Waals surface area contributed by atoms with E-state index in [1.54, 1.807) is 4.90 Å². The van der Waals surface area contributed by atoms with Gasteiger partial charge in [0.25, 0.3) is 0 Å². The van der Waals surface area contributed by atoms with Crippen molar-refractivity contribution in [1.82, 2.24) is 14.7 Å². The van der Waals surface area contributed by atoms with Crippen molar-refractivity contribution < 1.29 is 4.79 Å². The highest BCUT2D eigenvalue weighted by molar-refractivity contribution is 5.75. The zero-order valence-corrected chi connectivity index (χ0v) is 13.5. The van der Waals surface area contributed by atoms with Crippen molar-refractivity contribution in [2.75, 3.05) is 59.9 Å². The molecule has 2 N–H and O–H groups in total. The zero-order chi connectivity index (χ0) is 15.0. The Labute approximate surface area is 124 Å². The summed E-state index contributed by atoms with van der Waals surface area (Å²) < 4.78 is 0. The maximum atomic E-state index is 11.5. The number of nitrogens with zero attached hydrogens (tertiary/aromatic N) is 3. The molecule has 0 aromatic heterocycles. The van der Waals surface area contributed by atoms with E-state index in [1.165, 1.54) is 13.0 Å². The van der Waals surface area contributed by atoms with Gasteiger partial charge in [-0.05, 0) is 44.9 Å². The van der Waals surface area contributed by atoms with Crippen LogP contribution in [0.15, 0.2) is 0 Å². The van der Waals surface area contributed by atoms with Crippen LogP contribution < -0.4 is 5.73 Å². The molecule has 1 fully saturated rings. The summed E-state index contributed by atoms with van der Waals surface area (Å²) in [7, 11) is 3.65. The molecule has 0 aromatic carbocycles. The molecule has 0 bridgehead atoms. The fourth-order valence-corrected chi connectivity index (χ4v) is 2.62. The molecule has 1 aliphatic rings. The van der Waals surface area contributed by atoms with Gasteiger partial charge in [0, 0.05) is 40.2 Å². The Kier molecular flexibility index (Phi) is 8.11. The van der Waals surface area contributed by atoms with Crippen LogP contribution in [0, 0.1) is 5.92 Å². The van der Waals surface area contributed by atoms with Crippen LogP contribution in [-0.4, -0.2) is 80.5 Å². The molecule has 1 heterocycles. The first kappa shape index (κ1) is 17.4. The predicted molar refractivity (Wildman–Crippen MR) is 83.6 cm³/mol. The Bertz CT molecular complexity index is 283. The van der Waals surface area contributed by atoms with E-state index in [0.29, 0.717) is 12.3 Å². The van der Waals surface area contributed by atoms with Crippen molar-refractivity contribution in [2.24, 2.45) is 11.7 Å². The standard InChI is InChI=1S/C15H32N4O/c1-14(12-16)13-19-9-5-8-18(10-11-19)7-4-6-15(20)17(2)3/h14H,4-13,16H2,1-3H3. The van der Waals surface area contributed by atoms with Gasteiger partial charge in [0.15, 0.2) is 0 Å². The molecule has 1 aliphatic heterocycles. The summed E-state index contributed by atoms with van der Waals surface area (Å²) in [5.41, 5.74) is 5.70. The third kappa shape index (κ3) is 6.68. The fourth-order valence-electron chi connectivity index (χ4n) is 2.62. The molecule has 1 saturated heterocycles. The molecule has 5 heteroatoms. The van der Waals surface area contributed by atoms with Crippen LogP contribution in [0.1, 0.15) is 26.2 Å². The quantitative estimate of drug-likeness (QED) is 0.738. The number of rotatable bonds is 7. The second-order valence-corrected chi connectivity index (χ2v) is 6.23. The maximum absolute atomic E-state index is 11.5. The molecule has 0 spiro atoms. The van der Waals surface area contributed by atoms with Gasteiger partial charge in [0.2, 0.25) is 5.91 Å². The van der Waals surface area contributed by atoms with Crippen molar-refractivity contribution in [3.8, 4) is 0 Å². The lowest BCUT2D eigenvalue weighted by atomic mass is 10.1. The van der Waals surface area contributed by atoms with Gasteiger partial charge >= 0.3 is 0 Å². The first-order valence-electron chi connectivity index (χ1n) is 7.88. The average Bonchev–Trinajstić information content (AvgIpc) is 2.64. The van der Waals surface area contributed by atoms with Crippen molar-refractivity contribution in [1.29, 1.82) is 0 Å². The summed E-state index contributed by atoms with van der Waals surface area (Å²) in [4.78, 5) is 18.3. The Hall–Kier alpha value is -0.650. The van der Waals surface area contributed by atoms with Gasteiger partial charge < -0.3 is 20.4 Å². The molecule has 20 heavy (non-hydrogen) atoms. The van der Waals surface area contributed by atoms with Crippen LogP contribution in [-0.2, 0) is 4.79 Å². The zero-order valence-electron chi connectivity index (χ0n) is 13.5. The molecule has 1 atom stereocenters. The average molecular weight is 284 g/mol. The molecule has 0 radical (unpaired) electrons. The number of carbonyl (C=O) groups is 1. The summed E-state index contributed by atoms with van der Waals surface area (Å²) >= 11 is 0. The minimum Gasteiger partial charge on any atom is -0.349 e. The topological polar surface area (TPSA) is 52.8 Å². The SMILES string of the molecule is CC(CN)CN1CCCN(CCCC(=O)N(C)C)CC1. The van der Waals surface area contributed by atoms with Gasteiger partial charge in [-0.3, -0.25) is 4.79 Å². The Balaban J connectivity index is 2.21. The Morgan fingerprint density at radius 1 is 1.20 bits per heavy atom. The third-order valence-electron chi connectivity index (χ3n) is 4.02. The van der Waals surface area contributed by atoms with E-state index < -0.39 is 0 Å². The number of carbonyl (C=O) groups excluding carboxylic acids is 1. The number of nitrogens with two attached hydrogens (primary N) is 1. The van der Waals surface area contributed by atoms with Gasteiger partial charge in [-0.25, -0.2) is 0 Å². The summed E-state index contributed by atoms with van der Waals surface area (Å²) in [6.07, 6.45) is 2.85. The molecule has 1 amide bonds. The van der Waals surface area contributed by atoms with Gasteiger partial charge in [-0.2, -0.15) is 0 Å². The molecule has 1 rings (SSSR count). The summed E-state index contributed by atoms with van der Waals surface area (Å²) in [5.74, 6) is 0.817. The lowest BCUT2D eigenvalue weighted by Crippen LogP contribution is -2.35. The number of hydrogen-bond acceptors (Lipinski definition) is 4. The number of hydrogen-bond donors (Lipinski definition) is 1. The Morgan fingerprint density at radius 3 is 2.50 bits per heavy atom. The van der Waals surface area contributed by atoms with Crippen LogP contribution in [0.3, 0.4) is 0 Å². The summed E-state index contributed by atoms with van der Waals surface area (Å²) in [5, 5.41) is 0. The minimum absolute atomic E-state index is 0.234. The van der Waals surface area contributed by atoms with Gasteiger partial charge in [-0.1, -0.05) is 6.92 Å². The van der Waals surface area contributed by atoms with E-state index in [0.717, 1.165) is 45.7 Å². The van der Waals surface area contributed by atoms with Crippen molar-refractivity contribution in [2.45, 2.75) is 26.2 Å². The first-order valence-corrected chi connectivity index (χ1v) is 7.88. The predicted octanol–water partition coefficient (Wildman–Crippen LogP) is 0.457. The van der Waals surface area contributed by atoms with Crippen LogP contribution in [0.25, 0.3) is 0 Å². The molecule has 0 aromatic rings. The maximum Gasteiger partial charge on any atom is 0.222 e. The van der Waals surface area contributed by atoms with Crippen LogP contribution in [0.2, 0.25) is 0 Å². The molecule has 118 valence electrons. The second kappa shape index (κ2) is 9.32. The smallest absolute Gasteiger partial charge is 0.222 e. The largest absolute Gasteiger partial charge is 0.349 e. The second-order valence-electron chi connectivity index (χ2n) is 6.23. The van der Waals surface area contributed by atoms with E-state index in [9.17, 15) is 4.79 Å². The third-order valence-corrected chi connectivity index (χ3v) is 4.02. The lowest BCUT2D eigenvalue weighted by molar-refractivity contribution is -0.128. The fraction of sp³-hybridized carbons (Fsp3) is 0.933. The van der Waals surface area contributed by atoms with Gasteiger partial charge in [0.1, 0.15) is 0 Å². The first-order chi connectivity index (χ1) is 9.52. The van der Waals surface area contributed by atoms with E-state index >= 15 is 0 Å². The van der Waals surface area contributed by atoms with E-state index in [2.05, 4.69) is 16.7 Å². The molecular formula is C15H32N4O. The molecule has 5 nitrogen and oxygen atoms in total. The lowest BCUT2D eigenvalue weighted by Gasteiger charge is -2.24. The van der Waals surface area contributed by atoms with Crippen LogP contribution in [0.4, 0.5) is 0 Å². The highest BCUT2D eigenvalue weighted by Crippen LogP contribution is 2.07. The van der Waals surface area contributed by atoms with Crippen LogP contribution >= 0.6 is 0 Å². The van der Waals surface area contributed by atoms with Crippen molar-refractivity contribution in [3.05, 3.63) is 0 Å². The molecule has 0 aliphatic carbocycles. The van der Waals surface area contributed by atoms with E-state index in [4.69, 9.17) is 5.73 Å². The van der Waals surface area contributed by atoms with Crippen LogP contribution in [0.5, 0.6) is 0 Å². The molecular weight excluding hydrogens is 252 g/mol. The highest BCUT2D eigenvalue weighted by Gasteiger charge is 2.16. The number of amides is 1.